The number of ether oxygens (including phenoxy) is 1. The first kappa shape index (κ1) is 15.6. The SMILES string of the molecule is CCOC(=O)C1CC2(C(=O)N(C)c3ccc(F)cc32)N2CCCC12. The molecule has 0 N–H and O–H groups in total. The van der Waals surface area contributed by atoms with Gasteiger partial charge in [-0.1, -0.05) is 0 Å². The Morgan fingerprint density at radius 1 is 1.46 bits per heavy atom. The number of benzene rings is 1. The Hall–Kier alpha value is -1.95. The van der Waals surface area contributed by atoms with E-state index < -0.39 is 5.54 Å². The van der Waals surface area contributed by atoms with Gasteiger partial charge >= 0.3 is 5.97 Å². The van der Waals surface area contributed by atoms with Crippen molar-refractivity contribution in [2.45, 2.75) is 37.8 Å². The fraction of sp³-hybridized carbons (Fsp3) is 0.556. The Bertz CT molecular complexity index is 722. The van der Waals surface area contributed by atoms with Crippen molar-refractivity contribution in [1.29, 1.82) is 0 Å². The summed E-state index contributed by atoms with van der Waals surface area (Å²) in [6, 6.07) is 4.48. The van der Waals surface area contributed by atoms with Crippen molar-refractivity contribution in [1.82, 2.24) is 4.90 Å². The molecule has 1 aromatic carbocycles. The van der Waals surface area contributed by atoms with Crippen LogP contribution >= 0.6 is 0 Å². The first-order chi connectivity index (χ1) is 11.5. The molecule has 24 heavy (non-hydrogen) atoms. The second-order valence-electron chi connectivity index (χ2n) is 6.85. The van der Waals surface area contributed by atoms with Gasteiger partial charge in [-0.05, 0) is 50.9 Å². The molecule has 3 aliphatic rings. The summed E-state index contributed by atoms with van der Waals surface area (Å²) in [6.45, 7) is 2.86. The zero-order chi connectivity index (χ0) is 17.1. The minimum absolute atomic E-state index is 0.00406. The van der Waals surface area contributed by atoms with Crippen LogP contribution in [0.15, 0.2) is 18.2 Å². The van der Waals surface area contributed by atoms with Gasteiger partial charge in [0.25, 0.3) is 5.91 Å². The standard InChI is InChI=1S/C18H21FN2O3/c1-3-24-16(22)12-10-18(21-8-4-5-14(12)21)13-9-11(19)6-7-15(13)20(2)17(18)23/h6-7,9,12,14H,3-5,8,10H2,1-2H3. The van der Waals surface area contributed by atoms with E-state index in [1.807, 2.05) is 0 Å². The number of fused-ring (bicyclic) bond motifs is 4. The Morgan fingerprint density at radius 3 is 3.00 bits per heavy atom. The Balaban J connectivity index is 1.84. The number of hydrogen-bond acceptors (Lipinski definition) is 4. The van der Waals surface area contributed by atoms with Crippen LogP contribution in [0.5, 0.6) is 0 Å². The van der Waals surface area contributed by atoms with E-state index >= 15 is 0 Å². The molecule has 3 heterocycles. The Kier molecular flexibility index (Phi) is 3.42. The molecule has 0 aromatic heterocycles. The molecule has 3 aliphatic heterocycles. The lowest BCUT2D eigenvalue weighted by atomic mass is 9.84. The number of esters is 1. The molecular weight excluding hydrogens is 311 g/mol. The molecule has 1 aromatic rings. The van der Waals surface area contributed by atoms with E-state index in [0.717, 1.165) is 25.1 Å². The summed E-state index contributed by atoms with van der Waals surface area (Å²) in [5.41, 5.74) is 0.496. The van der Waals surface area contributed by atoms with Crippen molar-refractivity contribution in [3.8, 4) is 0 Å². The van der Waals surface area contributed by atoms with E-state index in [9.17, 15) is 14.0 Å². The maximum absolute atomic E-state index is 13.9. The second-order valence-corrected chi connectivity index (χ2v) is 6.85. The monoisotopic (exact) mass is 332 g/mol. The largest absolute Gasteiger partial charge is 0.466 e. The summed E-state index contributed by atoms with van der Waals surface area (Å²) in [5, 5.41) is 0. The molecule has 0 aliphatic carbocycles. The van der Waals surface area contributed by atoms with Crippen LogP contribution in [0.3, 0.4) is 0 Å². The minimum Gasteiger partial charge on any atom is -0.466 e. The number of amides is 1. The summed E-state index contributed by atoms with van der Waals surface area (Å²) in [6.07, 6.45) is 2.17. The maximum Gasteiger partial charge on any atom is 0.310 e. The minimum atomic E-state index is -0.926. The van der Waals surface area contributed by atoms with Crippen LogP contribution < -0.4 is 4.90 Å². The molecule has 3 unspecified atom stereocenters. The number of rotatable bonds is 2. The van der Waals surface area contributed by atoms with Crippen molar-refractivity contribution < 1.29 is 18.7 Å². The summed E-state index contributed by atoms with van der Waals surface area (Å²) in [4.78, 5) is 29.3. The molecular formula is C18H21FN2O3. The summed E-state index contributed by atoms with van der Waals surface area (Å²) in [5.74, 6) is -1.00. The van der Waals surface area contributed by atoms with Crippen LogP contribution in [0.2, 0.25) is 0 Å². The highest BCUT2D eigenvalue weighted by Gasteiger charge is 2.64. The normalized spacial score (nSPS) is 31.6. The van der Waals surface area contributed by atoms with Gasteiger partial charge in [0.15, 0.2) is 0 Å². The third kappa shape index (κ3) is 1.83. The van der Waals surface area contributed by atoms with E-state index in [4.69, 9.17) is 4.74 Å². The average Bonchev–Trinajstić information content (AvgIpc) is 3.19. The fourth-order valence-electron chi connectivity index (χ4n) is 4.85. The predicted octanol–water partition coefficient (Wildman–Crippen LogP) is 2.04. The van der Waals surface area contributed by atoms with Crippen LogP contribution in [-0.4, -0.2) is 43.0 Å². The molecule has 0 bridgehead atoms. The third-order valence-corrected chi connectivity index (χ3v) is 5.78. The van der Waals surface area contributed by atoms with Crippen LogP contribution in [0.25, 0.3) is 0 Å². The van der Waals surface area contributed by atoms with Gasteiger partial charge in [0.05, 0.1) is 12.5 Å². The summed E-state index contributed by atoms with van der Waals surface area (Å²) in [7, 11) is 1.72. The zero-order valence-electron chi connectivity index (χ0n) is 13.9. The summed E-state index contributed by atoms with van der Waals surface area (Å²) < 4.78 is 19.2. The van der Waals surface area contributed by atoms with Crippen molar-refractivity contribution in [2.75, 3.05) is 25.1 Å². The van der Waals surface area contributed by atoms with Crippen LogP contribution in [0.4, 0.5) is 10.1 Å². The summed E-state index contributed by atoms with van der Waals surface area (Å²) >= 11 is 0. The van der Waals surface area contributed by atoms with Crippen LogP contribution in [0.1, 0.15) is 31.7 Å². The van der Waals surface area contributed by atoms with Crippen molar-refractivity contribution in [3.63, 3.8) is 0 Å². The lowest BCUT2D eigenvalue weighted by Gasteiger charge is -2.33. The Labute approximate surface area is 140 Å². The fourth-order valence-corrected chi connectivity index (χ4v) is 4.85. The van der Waals surface area contributed by atoms with Gasteiger partial charge < -0.3 is 9.64 Å². The number of nitrogens with zero attached hydrogens (tertiary/aromatic N) is 2. The van der Waals surface area contributed by atoms with Crippen molar-refractivity contribution >= 4 is 17.6 Å². The van der Waals surface area contributed by atoms with Crippen molar-refractivity contribution in [2.24, 2.45) is 5.92 Å². The van der Waals surface area contributed by atoms with E-state index in [1.54, 1.807) is 24.9 Å². The molecule has 6 heteroatoms. The molecule has 0 radical (unpaired) electrons. The maximum atomic E-state index is 13.9. The quantitative estimate of drug-likeness (QED) is 0.778. The van der Waals surface area contributed by atoms with Gasteiger partial charge in [0, 0.05) is 24.3 Å². The van der Waals surface area contributed by atoms with Crippen LogP contribution in [-0.2, 0) is 19.9 Å². The van der Waals surface area contributed by atoms with Gasteiger partial charge in [-0.25, -0.2) is 4.39 Å². The molecule has 0 saturated carbocycles. The molecule has 1 spiro atoms. The Morgan fingerprint density at radius 2 is 2.25 bits per heavy atom. The topological polar surface area (TPSA) is 49.9 Å². The van der Waals surface area contributed by atoms with Crippen molar-refractivity contribution in [3.05, 3.63) is 29.6 Å². The number of carbonyl (C=O) groups is 2. The number of carbonyl (C=O) groups excluding carboxylic acids is 2. The number of halogens is 1. The molecule has 2 fully saturated rings. The molecule has 4 rings (SSSR count). The predicted molar refractivity (Wildman–Crippen MR) is 86.0 cm³/mol. The van der Waals surface area contributed by atoms with E-state index in [-0.39, 0.29) is 29.7 Å². The molecule has 128 valence electrons. The van der Waals surface area contributed by atoms with Gasteiger partial charge in [0.2, 0.25) is 0 Å². The zero-order valence-corrected chi connectivity index (χ0v) is 13.9. The highest BCUT2D eigenvalue weighted by Crippen LogP contribution is 2.55. The molecule has 2 saturated heterocycles. The number of anilines is 1. The molecule has 3 atom stereocenters. The van der Waals surface area contributed by atoms with E-state index in [0.29, 0.717) is 18.6 Å². The van der Waals surface area contributed by atoms with Gasteiger partial charge in [0.1, 0.15) is 11.4 Å². The first-order valence-electron chi connectivity index (χ1n) is 8.52. The van der Waals surface area contributed by atoms with Gasteiger partial charge in [-0.2, -0.15) is 0 Å². The highest BCUT2D eigenvalue weighted by molar-refractivity contribution is 6.08. The van der Waals surface area contributed by atoms with E-state index in [2.05, 4.69) is 4.90 Å². The second kappa shape index (κ2) is 5.28. The lowest BCUT2D eigenvalue weighted by molar-refractivity contribution is -0.148. The molecule has 5 nitrogen and oxygen atoms in total. The van der Waals surface area contributed by atoms with Crippen LogP contribution in [0, 0.1) is 11.7 Å². The number of hydrogen-bond donors (Lipinski definition) is 0. The molecule has 1 amide bonds. The smallest absolute Gasteiger partial charge is 0.310 e. The average molecular weight is 332 g/mol. The third-order valence-electron chi connectivity index (χ3n) is 5.78. The lowest BCUT2D eigenvalue weighted by Crippen LogP contribution is -2.49. The van der Waals surface area contributed by atoms with Gasteiger partial charge in [-0.3, -0.25) is 14.5 Å². The van der Waals surface area contributed by atoms with E-state index in [1.165, 1.54) is 12.1 Å². The van der Waals surface area contributed by atoms with Gasteiger partial charge in [-0.15, -0.1) is 0 Å². The number of likely N-dealkylation sites (N-methyl/N-ethyl adjacent to an activating group) is 1. The highest BCUT2D eigenvalue weighted by atomic mass is 19.1. The first-order valence-corrected chi connectivity index (χ1v) is 8.52.